The summed E-state index contributed by atoms with van der Waals surface area (Å²) in [5.74, 6) is -0.570. The number of hydrogen-bond acceptors (Lipinski definition) is 3. The molecule has 0 spiro atoms. The number of H-pyrrole nitrogens is 1. The molecule has 2 aromatic rings. The van der Waals surface area contributed by atoms with Crippen molar-refractivity contribution >= 4 is 51.6 Å². The van der Waals surface area contributed by atoms with Gasteiger partial charge in [-0.15, -0.1) is 0 Å². The Bertz CT molecular complexity index is 861. The topological polar surface area (TPSA) is 80.1 Å². The van der Waals surface area contributed by atoms with Gasteiger partial charge in [0, 0.05) is 29.7 Å². The number of halogens is 3. The number of fused-ring (bicyclic) bond motifs is 1. The quantitative estimate of drug-likeness (QED) is 0.568. The zero-order chi connectivity index (χ0) is 19.7. The van der Waals surface area contributed by atoms with Crippen LogP contribution in [0.2, 0.25) is 0 Å². The van der Waals surface area contributed by atoms with Gasteiger partial charge in [-0.3, -0.25) is 4.79 Å². The molecule has 3 rings (SSSR count). The van der Waals surface area contributed by atoms with E-state index in [-0.39, 0.29) is 6.04 Å². The van der Waals surface area contributed by atoms with Crippen LogP contribution in [0.4, 0.5) is 0 Å². The molecule has 0 aliphatic heterocycles. The highest BCUT2D eigenvalue weighted by molar-refractivity contribution is 6.76. The van der Waals surface area contributed by atoms with Gasteiger partial charge in [-0.1, -0.05) is 53.0 Å². The summed E-state index contributed by atoms with van der Waals surface area (Å²) < 4.78 is -2.04. The van der Waals surface area contributed by atoms with Crippen molar-refractivity contribution < 1.29 is 9.90 Å². The fourth-order valence-corrected chi connectivity index (χ4v) is 4.02. The summed E-state index contributed by atoms with van der Waals surface area (Å²) >= 11 is 17.6. The Labute approximate surface area is 172 Å². The zero-order valence-electron chi connectivity index (χ0n) is 14.6. The molecular formula is C19H20Cl3N3O2. The lowest BCUT2D eigenvalue weighted by Crippen LogP contribution is -2.50. The average molecular weight is 429 g/mol. The zero-order valence-corrected chi connectivity index (χ0v) is 16.9. The highest BCUT2D eigenvalue weighted by Gasteiger charge is 2.41. The van der Waals surface area contributed by atoms with E-state index < -0.39 is 15.3 Å². The maximum Gasteiger partial charge on any atom is 0.274 e. The van der Waals surface area contributed by atoms with Crippen LogP contribution < -0.4 is 0 Å². The maximum absolute atomic E-state index is 12.7. The lowest BCUT2D eigenvalue weighted by molar-refractivity contribution is -0.134. The van der Waals surface area contributed by atoms with Crippen LogP contribution in [0.3, 0.4) is 0 Å². The Morgan fingerprint density at radius 2 is 2.00 bits per heavy atom. The molecule has 5 nitrogen and oxygen atoms in total. The third-order valence-electron chi connectivity index (χ3n) is 5.23. The van der Waals surface area contributed by atoms with E-state index in [1.54, 1.807) is 4.90 Å². The van der Waals surface area contributed by atoms with Crippen LogP contribution in [0.15, 0.2) is 30.5 Å². The van der Waals surface area contributed by atoms with Gasteiger partial charge in [0.05, 0.1) is 6.07 Å². The number of rotatable bonds is 4. The normalized spacial score (nSPS) is 23.1. The minimum Gasteiger partial charge on any atom is -0.375 e. The predicted molar refractivity (Wildman–Crippen MR) is 107 cm³/mol. The van der Waals surface area contributed by atoms with Crippen molar-refractivity contribution in [1.29, 1.82) is 5.26 Å². The predicted octanol–water partition coefficient (Wildman–Crippen LogP) is 4.11. The van der Waals surface area contributed by atoms with E-state index in [1.807, 2.05) is 36.5 Å². The summed E-state index contributed by atoms with van der Waals surface area (Å²) in [6.07, 6.45) is 4.11. The first-order chi connectivity index (χ1) is 12.7. The molecule has 1 amide bonds. The standard InChI is InChI=1S/C19H20Cl3N3O2/c20-19(21,22)17(26)25(14-5-8-18(27,12-23)9-6-14)10-7-13-11-24-16-4-2-1-3-15(13)16/h1-4,11,14,24,27H,5-10H2. The van der Waals surface area contributed by atoms with E-state index in [9.17, 15) is 9.90 Å². The van der Waals surface area contributed by atoms with Gasteiger partial charge in [0.2, 0.25) is 0 Å². The van der Waals surface area contributed by atoms with E-state index in [0.717, 1.165) is 16.5 Å². The van der Waals surface area contributed by atoms with Crippen molar-refractivity contribution in [3.05, 3.63) is 36.0 Å². The number of nitrogens with one attached hydrogen (secondary N) is 1. The largest absolute Gasteiger partial charge is 0.375 e. The molecule has 0 saturated heterocycles. The minimum absolute atomic E-state index is 0.174. The molecule has 144 valence electrons. The van der Waals surface area contributed by atoms with Gasteiger partial charge in [-0.05, 0) is 43.7 Å². The fraction of sp³-hybridized carbons (Fsp3) is 0.474. The summed E-state index contributed by atoms with van der Waals surface area (Å²) in [6, 6.07) is 9.71. The van der Waals surface area contributed by atoms with Crippen LogP contribution in [0.5, 0.6) is 0 Å². The third kappa shape index (κ3) is 4.52. The summed E-state index contributed by atoms with van der Waals surface area (Å²) in [5, 5.41) is 20.3. The number of para-hydroxylation sites is 1. The molecule has 2 N–H and O–H groups in total. The number of nitrogens with zero attached hydrogens (tertiary/aromatic N) is 2. The lowest BCUT2D eigenvalue weighted by atomic mass is 9.82. The molecule has 8 heteroatoms. The Balaban J connectivity index is 1.77. The van der Waals surface area contributed by atoms with Gasteiger partial charge in [0.25, 0.3) is 9.70 Å². The molecule has 1 saturated carbocycles. The number of aromatic nitrogens is 1. The van der Waals surface area contributed by atoms with Crippen molar-refractivity contribution in [2.24, 2.45) is 0 Å². The highest BCUT2D eigenvalue weighted by Crippen LogP contribution is 2.35. The van der Waals surface area contributed by atoms with Crippen LogP contribution in [0.1, 0.15) is 31.2 Å². The number of alkyl halides is 3. The van der Waals surface area contributed by atoms with Crippen LogP contribution >= 0.6 is 34.8 Å². The SMILES string of the molecule is N#CC1(O)CCC(N(CCc2c[nH]c3ccccc23)C(=O)C(Cl)(Cl)Cl)CC1. The highest BCUT2D eigenvalue weighted by atomic mass is 35.6. The second kappa shape index (κ2) is 7.89. The van der Waals surface area contributed by atoms with E-state index in [4.69, 9.17) is 40.1 Å². The monoisotopic (exact) mass is 427 g/mol. The molecular weight excluding hydrogens is 409 g/mol. The summed E-state index contributed by atoms with van der Waals surface area (Å²) in [6.45, 7) is 0.393. The number of carbonyl (C=O) groups excluding carboxylic acids is 1. The van der Waals surface area contributed by atoms with Gasteiger partial charge in [-0.25, -0.2) is 0 Å². The van der Waals surface area contributed by atoms with Gasteiger partial charge < -0.3 is 15.0 Å². The number of benzene rings is 1. The van der Waals surface area contributed by atoms with Crippen LogP contribution in [0, 0.1) is 11.3 Å². The molecule has 1 aliphatic carbocycles. The molecule has 1 fully saturated rings. The number of nitriles is 1. The maximum atomic E-state index is 12.7. The Kier molecular flexibility index (Phi) is 5.93. The molecule has 0 unspecified atom stereocenters. The van der Waals surface area contributed by atoms with E-state index in [1.165, 1.54) is 0 Å². The number of aromatic amines is 1. The van der Waals surface area contributed by atoms with Crippen LogP contribution in [-0.2, 0) is 11.2 Å². The molecule has 1 aliphatic rings. The Morgan fingerprint density at radius 3 is 2.63 bits per heavy atom. The number of carbonyl (C=O) groups is 1. The Morgan fingerprint density at radius 1 is 1.33 bits per heavy atom. The summed E-state index contributed by atoms with van der Waals surface area (Å²) in [7, 11) is 0. The lowest BCUT2D eigenvalue weighted by Gasteiger charge is -2.39. The van der Waals surface area contributed by atoms with Gasteiger partial charge in [-0.2, -0.15) is 5.26 Å². The van der Waals surface area contributed by atoms with Crippen molar-refractivity contribution in [2.45, 2.75) is 47.5 Å². The molecule has 0 atom stereocenters. The summed E-state index contributed by atoms with van der Waals surface area (Å²) in [4.78, 5) is 17.5. The smallest absolute Gasteiger partial charge is 0.274 e. The molecule has 0 radical (unpaired) electrons. The molecule has 0 bridgehead atoms. The first-order valence-electron chi connectivity index (χ1n) is 8.80. The second-order valence-electron chi connectivity index (χ2n) is 6.98. The van der Waals surface area contributed by atoms with Crippen molar-refractivity contribution in [3.8, 4) is 6.07 Å². The third-order valence-corrected chi connectivity index (χ3v) is 5.72. The van der Waals surface area contributed by atoms with Gasteiger partial charge >= 0.3 is 0 Å². The van der Waals surface area contributed by atoms with E-state index in [0.29, 0.717) is 38.6 Å². The van der Waals surface area contributed by atoms with Crippen LogP contribution in [0.25, 0.3) is 10.9 Å². The van der Waals surface area contributed by atoms with Crippen molar-refractivity contribution in [3.63, 3.8) is 0 Å². The minimum atomic E-state index is -2.04. The fourth-order valence-electron chi connectivity index (χ4n) is 3.70. The number of amides is 1. The van der Waals surface area contributed by atoms with Crippen molar-refractivity contribution in [1.82, 2.24) is 9.88 Å². The van der Waals surface area contributed by atoms with Gasteiger partial charge in [0.1, 0.15) is 0 Å². The molecule has 27 heavy (non-hydrogen) atoms. The number of hydrogen-bond donors (Lipinski definition) is 2. The number of aliphatic hydroxyl groups is 1. The first-order valence-corrected chi connectivity index (χ1v) is 9.93. The van der Waals surface area contributed by atoms with E-state index in [2.05, 4.69) is 4.98 Å². The van der Waals surface area contributed by atoms with Gasteiger partial charge in [0.15, 0.2) is 5.60 Å². The van der Waals surface area contributed by atoms with Crippen LogP contribution in [-0.4, -0.2) is 42.9 Å². The molecule has 1 aromatic carbocycles. The second-order valence-corrected chi connectivity index (χ2v) is 9.26. The van der Waals surface area contributed by atoms with Crippen molar-refractivity contribution in [2.75, 3.05) is 6.54 Å². The van der Waals surface area contributed by atoms with E-state index >= 15 is 0 Å². The first kappa shape index (κ1) is 20.3. The molecule has 1 aromatic heterocycles. The molecule has 1 heterocycles. The average Bonchev–Trinajstić information content (AvgIpc) is 3.06. The summed E-state index contributed by atoms with van der Waals surface area (Å²) in [5.41, 5.74) is 0.780. The Hall–Kier alpha value is -1.45.